The number of carbonyl (C=O) groups excluding carboxylic acids is 2. The summed E-state index contributed by atoms with van der Waals surface area (Å²) in [6.45, 7) is 4.61. The predicted molar refractivity (Wildman–Crippen MR) is 73.3 cm³/mol. The number of morpholine rings is 1. The molecule has 1 atom stereocenters. The third-order valence-electron chi connectivity index (χ3n) is 3.14. The quantitative estimate of drug-likeness (QED) is 0.843. The first kappa shape index (κ1) is 14.0. The number of anilines is 1. The van der Waals surface area contributed by atoms with E-state index < -0.39 is 5.91 Å². The van der Waals surface area contributed by atoms with Crippen LogP contribution >= 0.6 is 11.3 Å². The minimum Gasteiger partial charge on any atom is -0.379 e. The Kier molecular flexibility index (Phi) is 4.52. The fourth-order valence-corrected chi connectivity index (χ4v) is 2.74. The summed E-state index contributed by atoms with van der Waals surface area (Å²) >= 11 is 1.29. The van der Waals surface area contributed by atoms with Gasteiger partial charge >= 0.3 is 0 Å². The summed E-state index contributed by atoms with van der Waals surface area (Å²) in [5, 5.41) is 5.01. The van der Waals surface area contributed by atoms with E-state index in [0.717, 1.165) is 13.1 Å². The molecular weight excluding hydrogens is 266 g/mol. The maximum absolute atomic E-state index is 12.1. The Balaban J connectivity index is 1.99. The van der Waals surface area contributed by atoms with Crippen LogP contribution in [0.4, 0.5) is 5.00 Å². The smallest absolute Gasteiger partial charge is 0.251 e. The van der Waals surface area contributed by atoms with Gasteiger partial charge in [0.05, 0.1) is 24.8 Å². The van der Waals surface area contributed by atoms with Crippen LogP contribution < -0.4 is 11.1 Å². The zero-order valence-corrected chi connectivity index (χ0v) is 11.5. The lowest BCUT2D eigenvalue weighted by Crippen LogP contribution is -2.47. The van der Waals surface area contributed by atoms with Crippen molar-refractivity contribution in [3.8, 4) is 0 Å². The van der Waals surface area contributed by atoms with E-state index in [9.17, 15) is 9.59 Å². The SMILES string of the molecule is C[C@@H](C(=O)Nc1sccc1C(N)=O)N1CCOCC1. The third kappa shape index (κ3) is 3.31. The van der Waals surface area contributed by atoms with Gasteiger partial charge in [0.1, 0.15) is 5.00 Å². The van der Waals surface area contributed by atoms with Crippen molar-refractivity contribution in [2.75, 3.05) is 31.6 Å². The monoisotopic (exact) mass is 283 g/mol. The van der Waals surface area contributed by atoms with Crippen LogP contribution in [-0.4, -0.2) is 49.1 Å². The summed E-state index contributed by atoms with van der Waals surface area (Å²) < 4.78 is 5.25. The molecule has 0 spiro atoms. The first-order valence-electron chi connectivity index (χ1n) is 6.09. The maximum atomic E-state index is 12.1. The predicted octanol–water partition coefficient (Wildman–Crippen LogP) is 0.506. The molecule has 1 aliphatic heterocycles. The summed E-state index contributed by atoms with van der Waals surface area (Å²) in [5.74, 6) is -0.664. The zero-order valence-electron chi connectivity index (χ0n) is 10.7. The van der Waals surface area contributed by atoms with Crippen LogP contribution in [0.5, 0.6) is 0 Å². The molecule has 0 aromatic carbocycles. The molecule has 2 rings (SSSR count). The largest absolute Gasteiger partial charge is 0.379 e. The molecule has 2 amide bonds. The summed E-state index contributed by atoms with van der Waals surface area (Å²) in [4.78, 5) is 25.4. The lowest BCUT2D eigenvalue weighted by atomic mass is 10.2. The van der Waals surface area contributed by atoms with E-state index in [2.05, 4.69) is 10.2 Å². The summed E-state index contributed by atoms with van der Waals surface area (Å²) in [6.07, 6.45) is 0. The first-order valence-corrected chi connectivity index (χ1v) is 6.97. The van der Waals surface area contributed by atoms with Crippen LogP contribution in [-0.2, 0) is 9.53 Å². The highest BCUT2D eigenvalue weighted by Gasteiger charge is 2.24. The van der Waals surface area contributed by atoms with Crippen molar-refractivity contribution in [1.82, 2.24) is 4.90 Å². The van der Waals surface area contributed by atoms with Crippen molar-refractivity contribution < 1.29 is 14.3 Å². The number of nitrogens with zero attached hydrogens (tertiary/aromatic N) is 1. The molecule has 0 unspecified atom stereocenters. The van der Waals surface area contributed by atoms with Gasteiger partial charge in [-0.1, -0.05) is 0 Å². The number of carbonyl (C=O) groups is 2. The Hall–Kier alpha value is -1.44. The Morgan fingerprint density at radius 1 is 1.47 bits per heavy atom. The second-order valence-corrected chi connectivity index (χ2v) is 5.26. The van der Waals surface area contributed by atoms with Crippen LogP contribution in [0.1, 0.15) is 17.3 Å². The number of nitrogens with two attached hydrogens (primary N) is 1. The number of hydrogen-bond donors (Lipinski definition) is 2. The molecule has 0 aliphatic carbocycles. The van der Waals surface area contributed by atoms with Crippen LogP contribution in [0.15, 0.2) is 11.4 Å². The minimum atomic E-state index is -0.532. The number of thiophene rings is 1. The van der Waals surface area contributed by atoms with Gasteiger partial charge in [0.15, 0.2) is 0 Å². The van der Waals surface area contributed by atoms with Gasteiger partial charge in [-0.05, 0) is 18.4 Å². The van der Waals surface area contributed by atoms with Crippen molar-refractivity contribution in [3.05, 3.63) is 17.0 Å². The normalized spacial score (nSPS) is 17.9. The van der Waals surface area contributed by atoms with Gasteiger partial charge in [0.2, 0.25) is 5.91 Å². The highest BCUT2D eigenvalue weighted by molar-refractivity contribution is 7.14. The molecular formula is C12H17N3O3S. The highest BCUT2D eigenvalue weighted by atomic mass is 32.1. The number of amides is 2. The van der Waals surface area contributed by atoms with E-state index >= 15 is 0 Å². The lowest BCUT2D eigenvalue weighted by molar-refractivity contribution is -0.122. The molecule has 104 valence electrons. The number of primary amides is 1. The van der Waals surface area contributed by atoms with Gasteiger partial charge in [0, 0.05) is 13.1 Å². The van der Waals surface area contributed by atoms with Gasteiger partial charge in [-0.25, -0.2) is 0 Å². The summed E-state index contributed by atoms with van der Waals surface area (Å²) in [7, 11) is 0. The Bertz CT molecular complexity index is 469. The van der Waals surface area contributed by atoms with E-state index in [1.165, 1.54) is 11.3 Å². The van der Waals surface area contributed by atoms with Gasteiger partial charge in [0.25, 0.3) is 5.91 Å². The van der Waals surface area contributed by atoms with Gasteiger partial charge < -0.3 is 15.8 Å². The molecule has 1 aromatic rings. The van der Waals surface area contributed by atoms with E-state index in [0.29, 0.717) is 23.8 Å². The molecule has 0 bridgehead atoms. The molecule has 0 saturated carbocycles. The fourth-order valence-electron chi connectivity index (χ4n) is 1.95. The lowest BCUT2D eigenvalue weighted by Gasteiger charge is -2.31. The zero-order chi connectivity index (χ0) is 13.8. The van der Waals surface area contributed by atoms with Gasteiger partial charge in [-0.2, -0.15) is 0 Å². The highest BCUT2D eigenvalue weighted by Crippen LogP contribution is 2.23. The van der Waals surface area contributed by atoms with Crippen molar-refractivity contribution in [1.29, 1.82) is 0 Å². The number of ether oxygens (including phenoxy) is 1. The molecule has 6 nitrogen and oxygen atoms in total. The van der Waals surface area contributed by atoms with Crippen molar-refractivity contribution in [3.63, 3.8) is 0 Å². The topological polar surface area (TPSA) is 84.7 Å². The minimum absolute atomic E-state index is 0.133. The number of rotatable bonds is 4. The third-order valence-corrected chi connectivity index (χ3v) is 3.97. The molecule has 7 heteroatoms. The molecule has 2 heterocycles. The van der Waals surface area contributed by atoms with Crippen LogP contribution in [0.3, 0.4) is 0 Å². The van der Waals surface area contributed by atoms with Crippen molar-refractivity contribution in [2.24, 2.45) is 5.73 Å². The molecule has 19 heavy (non-hydrogen) atoms. The Morgan fingerprint density at radius 3 is 2.79 bits per heavy atom. The first-order chi connectivity index (χ1) is 9.09. The Morgan fingerprint density at radius 2 is 2.16 bits per heavy atom. The second-order valence-electron chi connectivity index (χ2n) is 4.34. The van der Waals surface area contributed by atoms with Gasteiger partial charge in [-0.3, -0.25) is 14.5 Å². The average molecular weight is 283 g/mol. The molecule has 1 aromatic heterocycles. The number of hydrogen-bond acceptors (Lipinski definition) is 5. The van der Waals surface area contributed by atoms with E-state index in [1.807, 2.05) is 6.92 Å². The van der Waals surface area contributed by atoms with Gasteiger partial charge in [-0.15, -0.1) is 11.3 Å². The summed E-state index contributed by atoms with van der Waals surface area (Å²) in [6, 6.07) is 1.36. The van der Waals surface area contributed by atoms with E-state index in [4.69, 9.17) is 10.5 Å². The molecule has 1 aliphatic rings. The van der Waals surface area contributed by atoms with Crippen LogP contribution in [0.2, 0.25) is 0 Å². The van der Waals surface area contributed by atoms with Crippen LogP contribution in [0.25, 0.3) is 0 Å². The fraction of sp³-hybridized carbons (Fsp3) is 0.500. The van der Waals surface area contributed by atoms with Crippen molar-refractivity contribution in [2.45, 2.75) is 13.0 Å². The van der Waals surface area contributed by atoms with E-state index in [1.54, 1.807) is 11.4 Å². The summed E-state index contributed by atoms with van der Waals surface area (Å²) in [5.41, 5.74) is 5.60. The second kappa shape index (κ2) is 6.14. The Labute approximate surface area is 115 Å². The standard InChI is InChI=1S/C12H17N3O3S/c1-8(15-3-5-18-6-4-15)11(17)14-12-9(10(13)16)2-7-19-12/h2,7-8H,3-6H2,1H3,(H2,13,16)(H,14,17)/t8-/m0/s1. The molecule has 1 saturated heterocycles. The molecule has 0 radical (unpaired) electrons. The van der Waals surface area contributed by atoms with E-state index in [-0.39, 0.29) is 11.9 Å². The number of nitrogens with one attached hydrogen (secondary N) is 1. The molecule has 3 N–H and O–H groups in total. The van der Waals surface area contributed by atoms with Crippen molar-refractivity contribution >= 4 is 28.2 Å². The van der Waals surface area contributed by atoms with Crippen LogP contribution in [0, 0.1) is 0 Å². The average Bonchev–Trinajstić information content (AvgIpc) is 2.87. The maximum Gasteiger partial charge on any atom is 0.251 e. The molecule has 1 fully saturated rings.